The summed E-state index contributed by atoms with van der Waals surface area (Å²) in [6.07, 6.45) is -0.861. The highest BCUT2D eigenvalue weighted by Crippen LogP contribution is 2.31. The smallest absolute Gasteiger partial charge is 0.245 e. The largest absolute Gasteiger partial charge is 0.394 e. The molecule has 2 aromatic carbocycles. The summed E-state index contributed by atoms with van der Waals surface area (Å²) in [5.74, 6) is -2.88. The Morgan fingerprint density at radius 2 is 1.89 bits per heavy atom. The number of carbonyl (C=O) groups is 1. The maximum atomic E-state index is 14.5. The molecule has 2 aromatic rings. The van der Waals surface area contributed by atoms with Gasteiger partial charge in [-0.2, -0.15) is 0 Å². The van der Waals surface area contributed by atoms with E-state index in [1.165, 1.54) is 11.5 Å². The first-order valence-corrected chi connectivity index (χ1v) is 8.67. The van der Waals surface area contributed by atoms with Crippen LogP contribution in [0.25, 0.3) is 0 Å². The van der Waals surface area contributed by atoms with Crippen molar-refractivity contribution in [3.63, 3.8) is 0 Å². The Bertz CT molecular complexity index is 758. The summed E-state index contributed by atoms with van der Waals surface area (Å²) in [5.41, 5.74) is 2.49. The average molecular weight is 400 g/mol. The van der Waals surface area contributed by atoms with Crippen LogP contribution in [0.4, 0.5) is 8.78 Å². The summed E-state index contributed by atoms with van der Waals surface area (Å²) >= 11 is 5.89. The van der Waals surface area contributed by atoms with Crippen molar-refractivity contribution in [2.75, 3.05) is 13.2 Å². The van der Waals surface area contributed by atoms with Gasteiger partial charge in [0.05, 0.1) is 25.7 Å². The summed E-state index contributed by atoms with van der Waals surface area (Å²) < 4.78 is 33.3. The van der Waals surface area contributed by atoms with E-state index in [0.29, 0.717) is 5.02 Å². The van der Waals surface area contributed by atoms with E-state index in [9.17, 15) is 13.6 Å². The number of aliphatic hydroxyl groups excluding tert-OH is 1. The Labute approximate surface area is 160 Å². The maximum absolute atomic E-state index is 14.5. The summed E-state index contributed by atoms with van der Waals surface area (Å²) in [5, 5.41) is 18.4. The average Bonchev–Trinajstić information content (AvgIpc) is 2.65. The number of halogens is 3. The second-order valence-electron chi connectivity index (χ2n) is 5.97. The summed E-state index contributed by atoms with van der Waals surface area (Å²) in [7, 11) is 0. The van der Waals surface area contributed by atoms with E-state index < -0.39 is 29.6 Å². The number of aliphatic hydroxyl groups is 1. The quantitative estimate of drug-likeness (QED) is 0.447. The molecule has 8 heteroatoms. The van der Waals surface area contributed by atoms with Crippen molar-refractivity contribution in [1.29, 1.82) is 0 Å². The number of carbonyl (C=O) groups excluding carboxylic acids is 1. The van der Waals surface area contributed by atoms with Crippen LogP contribution in [0.15, 0.2) is 42.5 Å². The molecule has 2 rings (SSSR count). The molecule has 2 atom stereocenters. The molecule has 0 aliphatic carbocycles. The molecule has 0 saturated carbocycles. The second-order valence-corrected chi connectivity index (χ2v) is 6.41. The predicted octanol–water partition coefficient (Wildman–Crippen LogP) is 3.22. The van der Waals surface area contributed by atoms with E-state index in [4.69, 9.17) is 26.7 Å². The van der Waals surface area contributed by atoms with Crippen LogP contribution >= 0.6 is 11.6 Å². The van der Waals surface area contributed by atoms with Gasteiger partial charge in [0.2, 0.25) is 5.91 Å². The van der Waals surface area contributed by atoms with Crippen LogP contribution in [-0.4, -0.2) is 35.5 Å². The predicted molar refractivity (Wildman–Crippen MR) is 95.6 cm³/mol. The number of nitrogens with one attached hydrogen (secondary N) is 1. The summed E-state index contributed by atoms with van der Waals surface area (Å²) in [6, 6.07) is 10.1. The molecule has 0 bridgehead atoms. The molecule has 0 saturated heterocycles. The fraction of sp³-hybridized carbons (Fsp3) is 0.316. The third-order valence-electron chi connectivity index (χ3n) is 4.11. The third-order valence-corrected chi connectivity index (χ3v) is 4.37. The van der Waals surface area contributed by atoms with Crippen molar-refractivity contribution in [2.45, 2.75) is 24.9 Å². The highest BCUT2D eigenvalue weighted by Gasteiger charge is 2.29. The van der Waals surface area contributed by atoms with Gasteiger partial charge in [0.1, 0.15) is 11.6 Å². The van der Waals surface area contributed by atoms with Crippen molar-refractivity contribution < 1.29 is 28.6 Å². The molecule has 5 nitrogen and oxygen atoms in total. The molecule has 146 valence electrons. The van der Waals surface area contributed by atoms with Gasteiger partial charge in [0.15, 0.2) is 0 Å². The number of benzene rings is 2. The van der Waals surface area contributed by atoms with Gasteiger partial charge in [-0.05, 0) is 35.7 Å². The topological polar surface area (TPSA) is 78.8 Å². The van der Waals surface area contributed by atoms with Gasteiger partial charge < -0.3 is 9.84 Å². The minimum atomic E-state index is -0.861. The van der Waals surface area contributed by atoms with Crippen molar-refractivity contribution in [1.82, 2.24) is 5.48 Å². The number of hydrogen-bond acceptors (Lipinski definition) is 4. The van der Waals surface area contributed by atoms with Gasteiger partial charge in [0.25, 0.3) is 0 Å². The SMILES string of the molecule is O=C(C[C@@H](OCCO)[C@H](Cc1ccc(Cl)cc1)c1ccc(F)cc1F)NO. The van der Waals surface area contributed by atoms with E-state index in [-0.39, 0.29) is 31.6 Å². The van der Waals surface area contributed by atoms with E-state index >= 15 is 0 Å². The van der Waals surface area contributed by atoms with Crippen LogP contribution in [0, 0.1) is 11.6 Å². The number of hydroxylamine groups is 1. The molecule has 0 aliphatic heterocycles. The standard InChI is InChI=1S/C19H20ClF2NO4/c20-13-3-1-12(2-4-13)9-16(15-6-5-14(21)10-17(15)22)18(27-8-7-24)11-19(25)23-26/h1-6,10,16,18,24,26H,7-9,11H2,(H,23,25)/t16-,18-/m1/s1. The van der Waals surface area contributed by atoms with Crippen LogP contribution in [0.2, 0.25) is 5.02 Å². The molecular formula is C19H20ClF2NO4. The lowest BCUT2D eigenvalue weighted by molar-refractivity contribution is -0.133. The summed E-state index contributed by atoms with van der Waals surface area (Å²) in [6.45, 7) is -0.375. The van der Waals surface area contributed by atoms with Gasteiger partial charge in [0, 0.05) is 17.0 Å². The number of ether oxygens (including phenoxy) is 1. The van der Waals surface area contributed by atoms with Gasteiger partial charge in [-0.15, -0.1) is 0 Å². The Hall–Kier alpha value is -2.06. The Balaban J connectivity index is 2.40. The Morgan fingerprint density at radius 1 is 1.19 bits per heavy atom. The van der Waals surface area contributed by atoms with Crippen LogP contribution in [0.1, 0.15) is 23.5 Å². The van der Waals surface area contributed by atoms with Crippen molar-refractivity contribution in [2.24, 2.45) is 0 Å². The van der Waals surface area contributed by atoms with E-state index in [2.05, 4.69) is 0 Å². The molecule has 27 heavy (non-hydrogen) atoms. The maximum Gasteiger partial charge on any atom is 0.245 e. The first-order valence-electron chi connectivity index (χ1n) is 8.29. The highest BCUT2D eigenvalue weighted by molar-refractivity contribution is 6.30. The number of amides is 1. The van der Waals surface area contributed by atoms with Gasteiger partial charge >= 0.3 is 0 Å². The highest BCUT2D eigenvalue weighted by atomic mass is 35.5. The molecule has 0 radical (unpaired) electrons. The number of rotatable bonds is 9. The van der Waals surface area contributed by atoms with E-state index in [1.54, 1.807) is 24.3 Å². The zero-order valence-corrected chi connectivity index (χ0v) is 15.1. The molecule has 0 fully saturated rings. The van der Waals surface area contributed by atoms with E-state index in [1.807, 2.05) is 0 Å². The lowest BCUT2D eigenvalue weighted by atomic mass is 9.85. The Kier molecular flexibility index (Phi) is 8.12. The second kappa shape index (κ2) is 10.3. The molecule has 0 aromatic heterocycles. The molecule has 0 heterocycles. The lowest BCUT2D eigenvalue weighted by Gasteiger charge is -2.28. The van der Waals surface area contributed by atoms with Gasteiger partial charge in [-0.25, -0.2) is 14.3 Å². The fourth-order valence-corrected chi connectivity index (χ4v) is 2.99. The first-order chi connectivity index (χ1) is 12.9. The minimum absolute atomic E-state index is 0.0801. The van der Waals surface area contributed by atoms with Crippen LogP contribution in [0.5, 0.6) is 0 Å². The van der Waals surface area contributed by atoms with Gasteiger partial charge in [-0.1, -0.05) is 29.8 Å². The molecule has 3 N–H and O–H groups in total. The lowest BCUT2D eigenvalue weighted by Crippen LogP contribution is -2.32. The van der Waals surface area contributed by atoms with Crippen molar-refractivity contribution in [3.05, 3.63) is 70.2 Å². The monoisotopic (exact) mass is 399 g/mol. The van der Waals surface area contributed by atoms with Crippen molar-refractivity contribution in [3.8, 4) is 0 Å². The molecule has 1 amide bonds. The minimum Gasteiger partial charge on any atom is -0.394 e. The zero-order valence-electron chi connectivity index (χ0n) is 14.4. The van der Waals surface area contributed by atoms with E-state index in [0.717, 1.165) is 17.7 Å². The summed E-state index contributed by atoms with van der Waals surface area (Å²) in [4.78, 5) is 11.7. The fourth-order valence-electron chi connectivity index (χ4n) is 2.87. The normalized spacial score (nSPS) is 13.2. The van der Waals surface area contributed by atoms with Crippen LogP contribution in [0.3, 0.4) is 0 Å². The molecule has 0 aliphatic rings. The molecule has 0 spiro atoms. The van der Waals surface area contributed by atoms with Gasteiger partial charge in [-0.3, -0.25) is 10.0 Å². The first kappa shape index (κ1) is 21.2. The van der Waals surface area contributed by atoms with Crippen molar-refractivity contribution >= 4 is 17.5 Å². The molecular weight excluding hydrogens is 380 g/mol. The van der Waals surface area contributed by atoms with Crippen LogP contribution in [-0.2, 0) is 16.0 Å². The zero-order chi connectivity index (χ0) is 19.8. The molecule has 0 unspecified atom stereocenters. The Morgan fingerprint density at radius 3 is 2.48 bits per heavy atom. The van der Waals surface area contributed by atoms with Crippen LogP contribution < -0.4 is 5.48 Å². The third kappa shape index (κ3) is 6.25. The number of hydrogen-bond donors (Lipinski definition) is 3.